The normalized spacial score (nSPS) is 11.9. The summed E-state index contributed by atoms with van der Waals surface area (Å²) in [6.45, 7) is 8.37. The van der Waals surface area contributed by atoms with Gasteiger partial charge in [-0.25, -0.2) is 9.97 Å². The molecule has 0 bridgehead atoms. The molecule has 0 aliphatic heterocycles. The van der Waals surface area contributed by atoms with Crippen LogP contribution in [-0.2, 0) is 6.42 Å². The minimum Gasteiger partial charge on any atom is -0.369 e. The molecule has 8 nitrogen and oxygen atoms in total. The van der Waals surface area contributed by atoms with E-state index in [1.807, 2.05) is 46.0 Å². The van der Waals surface area contributed by atoms with Crippen molar-refractivity contribution in [2.45, 2.75) is 40.2 Å². The number of carbonyl (C=O) groups is 1. The Kier molecular flexibility index (Phi) is 5.98. The molecule has 146 valence electrons. The van der Waals surface area contributed by atoms with Crippen molar-refractivity contribution in [2.75, 3.05) is 11.9 Å². The molecule has 8 heteroatoms. The fourth-order valence-corrected chi connectivity index (χ4v) is 2.92. The average Bonchev–Trinajstić information content (AvgIpc) is 3.18. The highest BCUT2D eigenvalue weighted by Crippen LogP contribution is 2.17. The summed E-state index contributed by atoms with van der Waals surface area (Å²) >= 11 is 0. The second-order valence-corrected chi connectivity index (χ2v) is 6.79. The third-order valence-electron chi connectivity index (χ3n) is 4.66. The lowest BCUT2D eigenvalue weighted by Crippen LogP contribution is -2.30. The maximum absolute atomic E-state index is 12.7. The first-order valence-electron chi connectivity index (χ1n) is 9.25. The third kappa shape index (κ3) is 4.51. The number of aryl methyl sites for hydroxylation is 2. The minimum atomic E-state index is -0.321. The summed E-state index contributed by atoms with van der Waals surface area (Å²) in [6.07, 6.45) is 6.18. The van der Waals surface area contributed by atoms with Crippen LogP contribution in [0, 0.1) is 20.8 Å². The van der Waals surface area contributed by atoms with E-state index in [2.05, 4.69) is 35.8 Å². The largest absolute Gasteiger partial charge is 0.369 e. The van der Waals surface area contributed by atoms with E-state index in [0.29, 0.717) is 12.4 Å². The molecule has 3 rings (SSSR count). The van der Waals surface area contributed by atoms with E-state index >= 15 is 0 Å². The molecule has 0 saturated carbocycles. The van der Waals surface area contributed by atoms with Crippen molar-refractivity contribution >= 4 is 11.7 Å². The van der Waals surface area contributed by atoms with Gasteiger partial charge in [-0.15, -0.1) is 0 Å². The number of anilines is 1. The van der Waals surface area contributed by atoms with Crippen molar-refractivity contribution in [2.24, 2.45) is 0 Å². The Labute approximate surface area is 164 Å². The Bertz CT molecular complexity index is 953. The molecular weight excluding hydrogens is 354 g/mol. The monoisotopic (exact) mass is 379 g/mol. The minimum absolute atomic E-state index is 0.148. The fraction of sp³-hybridized carbons (Fsp3) is 0.350. The molecule has 0 spiro atoms. The molecule has 3 aromatic rings. The number of nitrogens with one attached hydrogen (secondary N) is 3. The van der Waals surface area contributed by atoms with Gasteiger partial charge in [0.15, 0.2) is 0 Å². The van der Waals surface area contributed by atoms with Gasteiger partial charge in [-0.2, -0.15) is 5.10 Å². The number of hydrogen-bond donors (Lipinski definition) is 3. The maximum atomic E-state index is 12.7. The van der Waals surface area contributed by atoms with Gasteiger partial charge in [0.05, 0.1) is 17.9 Å². The zero-order valence-electron chi connectivity index (χ0n) is 16.6. The lowest BCUT2D eigenvalue weighted by Gasteiger charge is -2.16. The summed E-state index contributed by atoms with van der Waals surface area (Å²) < 4.78 is 0. The van der Waals surface area contributed by atoms with Crippen LogP contribution < -0.4 is 10.6 Å². The molecule has 3 N–H and O–H groups in total. The van der Waals surface area contributed by atoms with Gasteiger partial charge in [0.2, 0.25) is 5.82 Å². The van der Waals surface area contributed by atoms with Crippen LogP contribution in [0.15, 0.2) is 30.7 Å². The average molecular weight is 379 g/mol. The Morgan fingerprint density at radius 3 is 2.79 bits per heavy atom. The number of nitrogens with zero attached hydrogens (tertiary/aromatic N) is 4. The van der Waals surface area contributed by atoms with Gasteiger partial charge in [0, 0.05) is 30.2 Å². The zero-order valence-corrected chi connectivity index (χ0v) is 16.6. The molecule has 0 saturated heterocycles. The van der Waals surface area contributed by atoms with Gasteiger partial charge in [0.1, 0.15) is 5.82 Å². The van der Waals surface area contributed by atoms with Crippen LogP contribution in [0.4, 0.5) is 5.82 Å². The van der Waals surface area contributed by atoms with Crippen LogP contribution in [-0.4, -0.2) is 37.6 Å². The van der Waals surface area contributed by atoms with Gasteiger partial charge in [-0.3, -0.25) is 14.9 Å². The fourth-order valence-electron chi connectivity index (χ4n) is 2.92. The van der Waals surface area contributed by atoms with E-state index in [1.165, 1.54) is 0 Å². The van der Waals surface area contributed by atoms with Crippen LogP contribution in [0.3, 0.4) is 0 Å². The van der Waals surface area contributed by atoms with Crippen molar-refractivity contribution in [3.05, 3.63) is 64.6 Å². The summed E-state index contributed by atoms with van der Waals surface area (Å²) in [4.78, 5) is 25.9. The number of carbonyl (C=O) groups excluding carboxylic acids is 1. The number of hydrogen-bond acceptors (Lipinski definition) is 6. The Morgan fingerprint density at radius 2 is 2.07 bits per heavy atom. The maximum Gasteiger partial charge on any atom is 0.289 e. The van der Waals surface area contributed by atoms with Crippen LogP contribution in [0.2, 0.25) is 0 Å². The molecule has 1 atom stereocenters. The molecule has 0 radical (unpaired) electrons. The standard InChI is InChI=1S/C20H25N7O/c1-12-6-5-8-21-17(12)15(4)26-20(28)19-25-14(3)13(2)18(27-19)22-9-7-16-10-23-24-11-16/h5-6,8,10-11,15H,7,9H2,1-4H3,(H,23,24)(H,26,28)(H,22,25,27). The van der Waals surface area contributed by atoms with E-state index < -0.39 is 0 Å². The molecule has 1 amide bonds. The number of amides is 1. The van der Waals surface area contributed by atoms with Crippen molar-refractivity contribution in [1.82, 2.24) is 30.5 Å². The quantitative estimate of drug-likeness (QED) is 0.582. The smallest absolute Gasteiger partial charge is 0.289 e. The molecule has 3 aromatic heterocycles. The lowest BCUT2D eigenvalue weighted by atomic mass is 10.1. The number of pyridine rings is 1. The Balaban J connectivity index is 1.71. The van der Waals surface area contributed by atoms with Gasteiger partial charge in [0.25, 0.3) is 5.91 Å². The van der Waals surface area contributed by atoms with Crippen molar-refractivity contribution in [3.8, 4) is 0 Å². The molecular formula is C20H25N7O. The van der Waals surface area contributed by atoms with E-state index in [1.54, 1.807) is 12.4 Å². The van der Waals surface area contributed by atoms with Crippen molar-refractivity contribution in [1.29, 1.82) is 0 Å². The first-order valence-corrected chi connectivity index (χ1v) is 9.25. The van der Waals surface area contributed by atoms with Crippen LogP contribution in [0.5, 0.6) is 0 Å². The molecule has 0 aromatic carbocycles. The Hall–Kier alpha value is -3.29. The number of aromatic nitrogens is 5. The van der Waals surface area contributed by atoms with Crippen LogP contribution in [0.1, 0.15) is 51.7 Å². The molecule has 3 heterocycles. The molecule has 0 aliphatic carbocycles. The summed E-state index contributed by atoms with van der Waals surface area (Å²) in [7, 11) is 0. The van der Waals surface area contributed by atoms with Crippen LogP contribution >= 0.6 is 0 Å². The van der Waals surface area contributed by atoms with Crippen molar-refractivity contribution < 1.29 is 4.79 Å². The highest BCUT2D eigenvalue weighted by Gasteiger charge is 2.18. The SMILES string of the molecule is Cc1cccnc1C(C)NC(=O)c1nc(C)c(C)c(NCCc2cn[nH]c2)n1. The summed E-state index contributed by atoms with van der Waals surface area (Å²) in [5.41, 5.74) is 4.66. The highest BCUT2D eigenvalue weighted by atomic mass is 16.2. The van der Waals surface area contributed by atoms with E-state index in [0.717, 1.165) is 34.5 Å². The van der Waals surface area contributed by atoms with E-state index in [-0.39, 0.29) is 17.8 Å². The van der Waals surface area contributed by atoms with Gasteiger partial charge < -0.3 is 10.6 Å². The van der Waals surface area contributed by atoms with Gasteiger partial charge in [-0.05, 0) is 51.3 Å². The first kappa shape index (κ1) is 19.5. The second-order valence-electron chi connectivity index (χ2n) is 6.79. The predicted octanol–water partition coefficient (Wildman–Crippen LogP) is 2.67. The number of rotatable bonds is 7. The molecule has 1 unspecified atom stereocenters. The molecule has 0 aliphatic rings. The number of aromatic amines is 1. The highest BCUT2D eigenvalue weighted by molar-refractivity contribution is 5.91. The summed E-state index contributed by atoms with van der Waals surface area (Å²) in [5.74, 6) is 0.496. The second kappa shape index (κ2) is 8.60. The van der Waals surface area contributed by atoms with E-state index in [4.69, 9.17) is 0 Å². The zero-order chi connectivity index (χ0) is 20.1. The lowest BCUT2D eigenvalue weighted by molar-refractivity contribution is 0.0928. The van der Waals surface area contributed by atoms with Gasteiger partial charge >= 0.3 is 0 Å². The van der Waals surface area contributed by atoms with Gasteiger partial charge in [-0.1, -0.05) is 6.07 Å². The number of H-pyrrole nitrogens is 1. The topological polar surface area (TPSA) is 108 Å². The Morgan fingerprint density at radius 1 is 1.25 bits per heavy atom. The van der Waals surface area contributed by atoms with E-state index in [9.17, 15) is 4.79 Å². The summed E-state index contributed by atoms with van der Waals surface area (Å²) in [6, 6.07) is 3.61. The van der Waals surface area contributed by atoms with Crippen LogP contribution in [0.25, 0.3) is 0 Å². The molecule has 28 heavy (non-hydrogen) atoms. The summed E-state index contributed by atoms with van der Waals surface area (Å²) in [5, 5.41) is 13.0. The predicted molar refractivity (Wildman–Crippen MR) is 107 cm³/mol. The first-order chi connectivity index (χ1) is 13.5. The van der Waals surface area contributed by atoms with Crippen molar-refractivity contribution in [3.63, 3.8) is 0 Å². The third-order valence-corrected chi connectivity index (χ3v) is 4.66. The molecule has 0 fully saturated rings.